The molecule has 0 saturated heterocycles. The maximum Gasteiger partial charge on any atom is 0.422 e. The fourth-order valence-corrected chi connectivity index (χ4v) is 3.82. The first-order valence-corrected chi connectivity index (χ1v) is 12.0. The Morgan fingerprint density at radius 1 is 0.892 bits per heavy atom. The Morgan fingerprint density at radius 3 is 2.16 bits per heavy atom. The number of aryl methyl sites for hydroxylation is 2. The number of benzene rings is 3. The maximum absolute atomic E-state index is 13.8. The lowest BCUT2D eigenvalue weighted by atomic mass is 9.97. The van der Waals surface area contributed by atoms with Crippen LogP contribution in [0.15, 0.2) is 60.7 Å². The topological polar surface area (TPSA) is 72.9 Å². The second-order valence-electron chi connectivity index (χ2n) is 9.68. The van der Waals surface area contributed by atoms with Gasteiger partial charge in [-0.1, -0.05) is 35.9 Å². The molecule has 1 unspecified atom stereocenters. The molecule has 0 N–H and O–H groups in total. The molecule has 0 aliphatic rings. The number of anilines is 2. The highest BCUT2D eigenvalue weighted by atomic mass is 35.5. The van der Waals surface area contributed by atoms with E-state index in [1.54, 1.807) is 45.9 Å². The van der Waals surface area contributed by atoms with Crippen LogP contribution in [0, 0.1) is 25.1 Å². The average Bonchev–Trinajstić information content (AvgIpc) is 2.80. The highest BCUT2D eigenvalue weighted by molar-refractivity contribution is 6.35. The molecule has 0 radical (unpaired) electrons. The predicted octanol–water partition coefficient (Wildman–Crippen LogP) is 7.54. The first-order chi connectivity index (χ1) is 17.3. The van der Waals surface area contributed by atoms with Gasteiger partial charge in [-0.3, -0.25) is 9.59 Å². The quantitative estimate of drug-likeness (QED) is 0.189. The zero-order chi connectivity index (χ0) is 27.5. The standard InChI is InChI=1S/C29H29ClFNO5/c1-17-9-7-8-10-22(17)26(33)23-13-12-21(16-24(23)30)32(25-14-11-20(31)15-18(25)2)28(35)37-19(3)36-27(34)29(4,5)6/h7-16,19H,1-6H3. The molecule has 0 saturated carbocycles. The molecule has 1 amide bonds. The van der Waals surface area contributed by atoms with E-state index >= 15 is 0 Å². The van der Waals surface area contributed by atoms with Crippen LogP contribution in [-0.4, -0.2) is 24.1 Å². The Kier molecular flexibility index (Phi) is 8.39. The van der Waals surface area contributed by atoms with E-state index in [1.807, 2.05) is 19.1 Å². The summed E-state index contributed by atoms with van der Waals surface area (Å²) in [6, 6.07) is 15.6. The molecule has 0 aliphatic heterocycles. The van der Waals surface area contributed by atoms with Crippen LogP contribution in [0.1, 0.15) is 54.7 Å². The highest BCUT2D eigenvalue weighted by Crippen LogP contribution is 2.34. The lowest BCUT2D eigenvalue weighted by Gasteiger charge is -2.27. The summed E-state index contributed by atoms with van der Waals surface area (Å²) in [7, 11) is 0. The average molecular weight is 526 g/mol. The third-order valence-corrected chi connectivity index (χ3v) is 5.89. The molecular weight excluding hydrogens is 497 g/mol. The number of nitrogens with zero attached hydrogens (tertiary/aromatic N) is 1. The van der Waals surface area contributed by atoms with E-state index in [2.05, 4.69) is 0 Å². The SMILES string of the molecule is Cc1ccccc1C(=O)c1ccc(N(C(=O)OC(C)OC(=O)C(C)(C)C)c2ccc(F)cc2C)cc1Cl. The minimum absolute atomic E-state index is 0.121. The Hall–Kier alpha value is -3.71. The first kappa shape index (κ1) is 27.9. The van der Waals surface area contributed by atoms with Crippen molar-refractivity contribution in [2.24, 2.45) is 5.41 Å². The van der Waals surface area contributed by atoms with Crippen molar-refractivity contribution < 1.29 is 28.2 Å². The summed E-state index contributed by atoms with van der Waals surface area (Å²) in [5, 5.41) is 0.121. The highest BCUT2D eigenvalue weighted by Gasteiger charge is 2.29. The summed E-state index contributed by atoms with van der Waals surface area (Å²) in [5.41, 5.74) is 1.84. The summed E-state index contributed by atoms with van der Waals surface area (Å²) in [6.07, 6.45) is -2.07. The van der Waals surface area contributed by atoms with E-state index in [0.717, 1.165) is 5.56 Å². The third kappa shape index (κ3) is 6.54. The lowest BCUT2D eigenvalue weighted by molar-refractivity contribution is -0.174. The van der Waals surface area contributed by atoms with Crippen molar-refractivity contribution in [3.63, 3.8) is 0 Å². The van der Waals surface area contributed by atoms with Gasteiger partial charge in [0, 0.05) is 18.1 Å². The summed E-state index contributed by atoms with van der Waals surface area (Å²) in [5.74, 6) is -1.27. The van der Waals surface area contributed by atoms with Gasteiger partial charge in [-0.05, 0) is 82.1 Å². The largest absolute Gasteiger partial charge is 0.425 e. The van der Waals surface area contributed by atoms with Gasteiger partial charge in [-0.2, -0.15) is 0 Å². The van der Waals surface area contributed by atoms with Gasteiger partial charge in [0.2, 0.25) is 6.29 Å². The molecule has 8 heteroatoms. The Labute approximate surface area is 221 Å². The number of ketones is 1. The number of hydrogen-bond donors (Lipinski definition) is 0. The van der Waals surface area contributed by atoms with Crippen molar-refractivity contribution in [2.75, 3.05) is 4.90 Å². The van der Waals surface area contributed by atoms with Crippen LogP contribution in [0.5, 0.6) is 0 Å². The molecule has 3 aromatic rings. The molecule has 37 heavy (non-hydrogen) atoms. The molecule has 3 aromatic carbocycles. The van der Waals surface area contributed by atoms with Gasteiger partial charge in [0.05, 0.1) is 21.8 Å². The predicted molar refractivity (Wildman–Crippen MR) is 141 cm³/mol. The number of hydrogen-bond acceptors (Lipinski definition) is 5. The number of ether oxygens (including phenoxy) is 2. The summed E-state index contributed by atoms with van der Waals surface area (Å²) < 4.78 is 24.5. The van der Waals surface area contributed by atoms with Crippen molar-refractivity contribution in [1.29, 1.82) is 0 Å². The fraction of sp³-hybridized carbons (Fsp3) is 0.276. The van der Waals surface area contributed by atoms with Crippen LogP contribution >= 0.6 is 11.6 Å². The molecule has 0 bridgehead atoms. The summed E-state index contributed by atoms with van der Waals surface area (Å²) in [6.45, 7) is 9.94. The summed E-state index contributed by atoms with van der Waals surface area (Å²) >= 11 is 6.52. The second kappa shape index (κ2) is 11.1. The molecule has 3 rings (SSSR count). The lowest BCUT2D eigenvalue weighted by Crippen LogP contribution is -2.34. The first-order valence-electron chi connectivity index (χ1n) is 11.7. The second-order valence-corrected chi connectivity index (χ2v) is 10.1. The molecule has 0 aromatic heterocycles. The minimum Gasteiger partial charge on any atom is -0.425 e. The molecule has 1 atom stereocenters. The maximum atomic E-state index is 13.8. The molecule has 0 fully saturated rings. The van der Waals surface area contributed by atoms with Gasteiger partial charge in [0.1, 0.15) is 5.82 Å². The zero-order valence-corrected chi connectivity index (χ0v) is 22.4. The molecule has 194 valence electrons. The molecule has 6 nitrogen and oxygen atoms in total. The number of esters is 1. The number of halogens is 2. The number of carbonyl (C=O) groups excluding carboxylic acids is 3. The van der Waals surface area contributed by atoms with Crippen LogP contribution in [0.2, 0.25) is 5.02 Å². The van der Waals surface area contributed by atoms with Crippen molar-refractivity contribution >= 4 is 40.8 Å². The van der Waals surface area contributed by atoms with Gasteiger partial charge >= 0.3 is 12.1 Å². The zero-order valence-electron chi connectivity index (χ0n) is 21.6. The van der Waals surface area contributed by atoms with E-state index < -0.39 is 29.6 Å². The molecule has 0 aliphatic carbocycles. The van der Waals surface area contributed by atoms with Crippen LogP contribution in [0.4, 0.5) is 20.6 Å². The normalized spacial score (nSPS) is 12.0. The van der Waals surface area contributed by atoms with Gasteiger partial charge in [0.25, 0.3) is 0 Å². The van der Waals surface area contributed by atoms with E-state index in [-0.39, 0.29) is 22.1 Å². The van der Waals surface area contributed by atoms with Crippen molar-refractivity contribution in [2.45, 2.75) is 47.8 Å². The van der Waals surface area contributed by atoms with Crippen molar-refractivity contribution in [3.8, 4) is 0 Å². The van der Waals surface area contributed by atoms with Gasteiger partial charge < -0.3 is 9.47 Å². The van der Waals surface area contributed by atoms with E-state index in [0.29, 0.717) is 16.8 Å². The van der Waals surface area contributed by atoms with Gasteiger partial charge in [-0.15, -0.1) is 0 Å². The van der Waals surface area contributed by atoms with Crippen molar-refractivity contribution in [1.82, 2.24) is 0 Å². The van der Waals surface area contributed by atoms with E-state index in [1.165, 1.54) is 42.2 Å². The van der Waals surface area contributed by atoms with Gasteiger partial charge in [-0.25, -0.2) is 14.1 Å². The van der Waals surface area contributed by atoms with Crippen molar-refractivity contribution in [3.05, 3.63) is 93.8 Å². The van der Waals surface area contributed by atoms with E-state index in [4.69, 9.17) is 21.1 Å². The Morgan fingerprint density at radius 2 is 1.57 bits per heavy atom. The molecular formula is C29H29ClFNO5. The van der Waals surface area contributed by atoms with Crippen LogP contribution in [0.25, 0.3) is 0 Å². The minimum atomic E-state index is -1.19. The Balaban J connectivity index is 1.99. The van der Waals surface area contributed by atoms with Gasteiger partial charge in [0.15, 0.2) is 5.78 Å². The van der Waals surface area contributed by atoms with E-state index in [9.17, 15) is 18.8 Å². The summed E-state index contributed by atoms with van der Waals surface area (Å²) in [4.78, 5) is 39.9. The number of amides is 1. The monoisotopic (exact) mass is 525 g/mol. The Bertz CT molecular complexity index is 1350. The van der Waals surface area contributed by atoms with Crippen LogP contribution in [-0.2, 0) is 14.3 Å². The number of rotatable bonds is 6. The molecule has 0 spiro atoms. The molecule has 0 heterocycles. The number of carbonyl (C=O) groups is 3. The third-order valence-electron chi connectivity index (χ3n) is 5.58. The van der Waals surface area contributed by atoms with Crippen LogP contribution < -0.4 is 4.90 Å². The van der Waals surface area contributed by atoms with Crippen LogP contribution in [0.3, 0.4) is 0 Å². The fourth-order valence-electron chi connectivity index (χ4n) is 3.56. The smallest absolute Gasteiger partial charge is 0.422 e.